The Kier molecular flexibility index (Phi) is 8.53. The highest BCUT2D eigenvalue weighted by molar-refractivity contribution is 5.71. The monoisotopic (exact) mass is 540 g/mol. The Bertz CT molecular complexity index is 1230. The maximum absolute atomic E-state index is 15.2. The first-order chi connectivity index (χ1) is 18.1. The molecule has 38 heavy (non-hydrogen) atoms. The van der Waals surface area contributed by atoms with Crippen LogP contribution >= 0.6 is 0 Å². The first-order valence-electron chi connectivity index (χ1n) is 12.5. The fourth-order valence-electron chi connectivity index (χ4n) is 5.12. The molecule has 0 unspecified atom stereocenters. The smallest absolute Gasteiger partial charge is 0.429 e. The second-order valence-electron chi connectivity index (χ2n) is 9.51. The first-order valence-corrected chi connectivity index (χ1v) is 12.5. The molecule has 1 aliphatic rings. The van der Waals surface area contributed by atoms with Crippen molar-refractivity contribution in [2.24, 2.45) is 5.92 Å². The van der Waals surface area contributed by atoms with E-state index in [1.807, 2.05) is 0 Å². The second-order valence-corrected chi connectivity index (χ2v) is 9.51. The van der Waals surface area contributed by atoms with Crippen LogP contribution in [-0.2, 0) is 6.11 Å². The van der Waals surface area contributed by atoms with Crippen LogP contribution in [0.5, 0.6) is 11.5 Å². The minimum atomic E-state index is -4.12. The summed E-state index contributed by atoms with van der Waals surface area (Å²) in [7, 11) is 0. The van der Waals surface area contributed by atoms with E-state index in [1.165, 1.54) is 24.3 Å². The van der Waals surface area contributed by atoms with Crippen molar-refractivity contribution in [3.05, 3.63) is 83.2 Å². The molecule has 3 aromatic carbocycles. The highest BCUT2D eigenvalue weighted by Crippen LogP contribution is 2.42. The quantitative estimate of drug-likeness (QED) is 0.252. The van der Waals surface area contributed by atoms with Crippen LogP contribution in [0.3, 0.4) is 0 Å². The first kappa shape index (κ1) is 27.8. The molecule has 1 fully saturated rings. The van der Waals surface area contributed by atoms with Gasteiger partial charge in [0.15, 0.2) is 17.4 Å². The minimum Gasteiger partial charge on any atom is -0.429 e. The van der Waals surface area contributed by atoms with Gasteiger partial charge in [0, 0.05) is 5.56 Å². The van der Waals surface area contributed by atoms with Crippen LogP contribution in [0, 0.1) is 23.4 Å². The largest absolute Gasteiger partial charge is 0.429 e. The Morgan fingerprint density at radius 1 is 0.868 bits per heavy atom. The Morgan fingerprint density at radius 3 is 2.13 bits per heavy atom. The van der Waals surface area contributed by atoms with Crippen molar-refractivity contribution in [2.45, 2.75) is 64.1 Å². The lowest BCUT2D eigenvalue weighted by molar-refractivity contribution is -0.187. The molecular formula is C29H27F7O2. The van der Waals surface area contributed by atoms with Gasteiger partial charge in [-0.2, -0.15) is 17.6 Å². The highest BCUT2D eigenvalue weighted by atomic mass is 19.3. The third kappa shape index (κ3) is 6.25. The van der Waals surface area contributed by atoms with E-state index in [2.05, 4.69) is 11.7 Å². The maximum atomic E-state index is 15.2. The number of ether oxygens (including phenoxy) is 2. The molecule has 0 aliphatic heterocycles. The summed E-state index contributed by atoms with van der Waals surface area (Å²) in [5.41, 5.74) is -0.736. The standard InChI is InChI=1S/C29H27F7O2/c1-2-5-17-8-10-18(11-9-17)19-12-13-22(23(30)14-19)29(35,36)38-26-7-4-3-6-21(26)20-15-24(31)27(25(32)16-20)37-28(33)34/h3-4,6-7,12-18,28H,2,5,8-11H2,1H3. The molecule has 0 amide bonds. The summed E-state index contributed by atoms with van der Waals surface area (Å²) in [6, 6.07) is 10.1. The predicted molar refractivity (Wildman–Crippen MR) is 129 cm³/mol. The van der Waals surface area contributed by atoms with E-state index >= 15 is 8.78 Å². The van der Waals surface area contributed by atoms with E-state index in [1.54, 1.807) is 0 Å². The number of benzene rings is 3. The van der Waals surface area contributed by atoms with Crippen LogP contribution in [0.15, 0.2) is 54.6 Å². The van der Waals surface area contributed by atoms with Gasteiger partial charge in [0.05, 0.1) is 5.56 Å². The van der Waals surface area contributed by atoms with Gasteiger partial charge in [-0.15, -0.1) is 0 Å². The van der Waals surface area contributed by atoms with Gasteiger partial charge in [-0.3, -0.25) is 0 Å². The lowest BCUT2D eigenvalue weighted by Gasteiger charge is -2.29. The van der Waals surface area contributed by atoms with Crippen molar-refractivity contribution >= 4 is 0 Å². The topological polar surface area (TPSA) is 18.5 Å². The molecule has 9 heteroatoms. The van der Waals surface area contributed by atoms with E-state index in [-0.39, 0.29) is 17.0 Å². The number of hydrogen-bond donors (Lipinski definition) is 0. The molecule has 4 rings (SSSR count). The number of halogens is 7. The van der Waals surface area contributed by atoms with E-state index in [0.29, 0.717) is 23.6 Å². The van der Waals surface area contributed by atoms with Crippen molar-refractivity contribution in [1.29, 1.82) is 0 Å². The van der Waals surface area contributed by atoms with Crippen LogP contribution in [0.4, 0.5) is 30.7 Å². The van der Waals surface area contributed by atoms with Crippen molar-refractivity contribution < 1.29 is 40.2 Å². The molecule has 2 nitrogen and oxygen atoms in total. The average molecular weight is 541 g/mol. The maximum Gasteiger partial charge on any atom is 0.429 e. The molecule has 1 aliphatic carbocycles. The normalized spacial score (nSPS) is 18.0. The predicted octanol–water partition coefficient (Wildman–Crippen LogP) is 9.57. The second kappa shape index (κ2) is 11.7. The number of hydrogen-bond acceptors (Lipinski definition) is 2. The molecule has 0 saturated heterocycles. The van der Waals surface area contributed by atoms with Gasteiger partial charge in [0.2, 0.25) is 0 Å². The van der Waals surface area contributed by atoms with Gasteiger partial charge in [-0.05, 0) is 79.0 Å². The van der Waals surface area contributed by atoms with Crippen LogP contribution in [0.2, 0.25) is 0 Å². The third-order valence-corrected chi connectivity index (χ3v) is 6.96. The summed E-state index contributed by atoms with van der Waals surface area (Å²) in [5, 5.41) is 0. The molecule has 0 heterocycles. The number of alkyl halides is 4. The highest BCUT2D eigenvalue weighted by Gasteiger charge is 2.39. The summed E-state index contributed by atoms with van der Waals surface area (Å²) in [5.74, 6) is -5.06. The van der Waals surface area contributed by atoms with Gasteiger partial charge in [-0.25, -0.2) is 13.2 Å². The van der Waals surface area contributed by atoms with Gasteiger partial charge < -0.3 is 9.47 Å². The summed E-state index contributed by atoms with van der Waals surface area (Å²) in [6.07, 6.45) is 1.93. The Morgan fingerprint density at radius 2 is 1.53 bits per heavy atom. The summed E-state index contributed by atoms with van der Waals surface area (Å²) >= 11 is 0. The van der Waals surface area contributed by atoms with E-state index in [0.717, 1.165) is 56.7 Å². The summed E-state index contributed by atoms with van der Waals surface area (Å²) in [4.78, 5) is 0. The molecule has 1 saturated carbocycles. The zero-order valence-corrected chi connectivity index (χ0v) is 20.6. The zero-order chi connectivity index (χ0) is 27.4. The zero-order valence-electron chi connectivity index (χ0n) is 20.6. The molecule has 0 bridgehead atoms. The lowest BCUT2D eigenvalue weighted by atomic mass is 9.77. The summed E-state index contributed by atoms with van der Waals surface area (Å²) < 4.78 is 107. The molecule has 0 atom stereocenters. The molecule has 0 aromatic heterocycles. The molecule has 0 N–H and O–H groups in total. The van der Waals surface area contributed by atoms with Gasteiger partial charge in [0.25, 0.3) is 0 Å². The van der Waals surface area contributed by atoms with Gasteiger partial charge in [-0.1, -0.05) is 44.0 Å². The Balaban J connectivity index is 1.56. The van der Waals surface area contributed by atoms with Crippen LogP contribution in [0.1, 0.15) is 62.5 Å². The molecule has 0 radical (unpaired) electrons. The van der Waals surface area contributed by atoms with Crippen LogP contribution in [0.25, 0.3) is 11.1 Å². The van der Waals surface area contributed by atoms with Crippen molar-refractivity contribution in [1.82, 2.24) is 0 Å². The Hall–Kier alpha value is -3.23. The number of rotatable bonds is 9. The van der Waals surface area contributed by atoms with E-state index in [4.69, 9.17) is 4.74 Å². The SMILES string of the molecule is CCCC1CCC(c2ccc(C(F)(F)Oc3ccccc3-c3cc(F)c(OC(F)F)c(F)c3)c(F)c2)CC1. The van der Waals surface area contributed by atoms with Crippen LogP contribution < -0.4 is 9.47 Å². The molecule has 3 aromatic rings. The van der Waals surface area contributed by atoms with Crippen molar-refractivity contribution in [3.63, 3.8) is 0 Å². The molecule has 0 spiro atoms. The average Bonchev–Trinajstić information content (AvgIpc) is 2.86. The summed E-state index contributed by atoms with van der Waals surface area (Å²) in [6.45, 7) is -1.32. The fraction of sp³-hybridized carbons (Fsp3) is 0.379. The van der Waals surface area contributed by atoms with E-state index in [9.17, 15) is 22.0 Å². The lowest BCUT2D eigenvalue weighted by Crippen LogP contribution is -2.24. The molecule has 204 valence electrons. The number of para-hydroxylation sites is 1. The van der Waals surface area contributed by atoms with Crippen molar-refractivity contribution in [3.8, 4) is 22.6 Å². The third-order valence-electron chi connectivity index (χ3n) is 6.96. The fourth-order valence-corrected chi connectivity index (χ4v) is 5.12. The van der Waals surface area contributed by atoms with Crippen molar-refractivity contribution in [2.75, 3.05) is 0 Å². The molecular weight excluding hydrogens is 513 g/mol. The Labute approximate surface area is 216 Å². The van der Waals surface area contributed by atoms with Gasteiger partial charge in [0.1, 0.15) is 11.6 Å². The van der Waals surface area contributed by atoms with E-state index < -0.39 is 47.2 Å². The van der Waals surface area contributed by atoms with Gasteiger partial charge >= 0.3 is 12.7 Å². The van der Waals surface area contributed by atoms with Crippen LogP contribution in [-0.4, -0.2) is 6.61 Å². The minimum absolute atomic E-state index is 0.101.